The Balaban J connectivity index is 1.06. The van der Waals surface area contributed by atoms with Gasteiger partial charge in [0.25, 0.3) is 0 Å². The minimum absolute atomic E-state index is 0.0559. The summed E-state index contributed by atoms with van der Waals surface area (Å²) in [5.74, 6) is 0.905. The number of quaternary nitrogens is 1. The maximum Gasteiger partial charge on any atom is 0.407 e. The highest BCUT2D eigenvalue weighted by Gasteiger charge is 2.50. The summed E-state index contributed by atoms with van der Waals surface area (Å²) in [6, 6.07) is 14.7. The minimum Gasteiger partial charge on any atom is -0.453 e. The summed E-state index contributed by atoms with van der Waals surface area (Å²) in [5.41, 5.74) is 5.21. The molecule has 0 saturated carbocycles. The van der Waals surface area contributed by atoms with Gasteiger partial charge in [-0.1, -0.05) is 52.0 Å². The monoisotopic (exact) mass is 802 g/mol. The van der Waals surface area contributed by atoms with Crippen molar-refractivity contribution in [3.05, 3.63) is 66.4 Å². The second-order valence-corrected chi connectivity index (χ2v) is 16.8. The number of aromatic nitrogens is 5. The molecule has 0 radical (unpaired) electrons. The van der Waals surface area contributed by atoms with Gasteiger partial charge in [0.1, 0.15) is 17.6 Å². The van der Waals surface area contributed by atoms with Crippen molar-refractivity contribution < 1.29 is 33.1 Å². The molecule has 2 aliphatic rings. The van der Waals surface area contributed by atoms with E-state index in [0.717, 1.165) is 86.4 Å². The van der Waals surface area contributed by atoms with Crippen molar-refractivity contribution in [3.8, 4) is 11.3 Å². The van der Waals surface area contributed by atoms with Gasteiger partial charge in [-0.25, -0.2) is 29.3 Å². The first-order valence-corrected chi connectivity index (χ1v) is 20.4. The Morgan fingerprint density at radius 1 is 0.814 bits per heavy atom. The second kappa shape index (κ2) is 15.6. The molecule has 2 fully saturated rings. The van der Waals surface area contributed by atoms with Crippen LogP contribution in [0, 0.1) is 11.8 Å². The summed E-state index contributed by atoms with van der Waals surface area (Å²) in [7, 11) is 4.54. The number of hydrogen-bond acceptors (Lipinski definition) is 9. The summed E-state index contributed by atoms with van der Waals surface area (Å²) in [5, 5.41) is 9.43. The maximum absolute atomic E-state index is 14.1. The van der Waals surface area contributed by atoms with Gasteiger partial charge in [0, 0.05) is 42.0 Å². The van der Waals surface area contributed by atoms with Crippen LogP contribution < -0.4 is 10.6 Å². The molecule has 308 valence electrons. The number of nitrogens with one attached hydrogen (secondary N) is 4. The third-order valence-corrected chi connectivity index (χ3v) is 12.4. The maximum atomic E-state index is 14.1. The minimum atomic E-state index is -0.717. The lowest BCUT2D eigenvalue weighted by Crippen LogP contribution is -2.59. The number of pyridine rings is 1. The number of likely N-dealkylation sites (N-methyl/N-ethyl adjacent to an activating group) is 1. The number of methoxy groups -OCH3 is 2. The number of ether oxygens (including phenoxy) is 2. The van der Waals surface area contributed by atoms with Crippen LogP contribution in [0.25, 0.3) is 54.9 Å². The molecule has 6 aromatic rings. The zero-order chi connectivity index (χ0) is 41.7. The van der Waals surface area contributed by atoms with E-state index >= 15 is 0 Å². The molecule has 3 aromatic heterocycles. The molecule has 2 aliphatic heterocycles. The molecule has 15 heteroatoms. The van der Waals surface area contributed by atoms with Gasteiger partial charge in [0.15, 0.2) is 17.7 Å². The van der Waals surface area contributed by atoms with Gasteiger partial charge >= 0.3 is 18.1 Å². The molecule has 5 unspecified atom stereocenters. The number of amides is 4. The van der Waals surface area contributed by atoms with E-state index in [1.54, 1.807) is 4.90 Å². The summed E-state index contributed by atoms with van der Waals surface area (Å²) in [6.45, 7) is 8.86. The Morgan fingerprint density at radius 3 is 2.25 bits per heavy atom. The standard InChI is InChI=1S/C44H51N9O6/c1-23(2)35(50-43(56)58-6)41(54)52-18-8-10-33(52)39-46-31-17-14-26-21-32(45-22-29(26)38(31)48-39)27-12-15-28-25(20-27)13-16-30-37(28)49-40(47-30)34-11-9-19-53(34,5)42(55)36(24(3)4)51-44(57)59-7/h12-17,20-24,33-36H,8-11,18-19H2,1-7H3,(H3-,45,46,47,48,49,50,51,56,57)/p+1. The highest BCUT2D eigenvalue weighted by atomic mass is 16.5. The van der Waals surface area contributed by atoms with Gasteiger partial charge in [-0.3, -0.25) is 9.28 Å². The third-order valence-electron chi connectivity index (χ3n) is 12.4. The van der Waals surface area contributed by atoms with E-state index in [2.05, 4.69) is 50.9 Å². The van der Waals surface area contributed by atoms with Crippen LogP contribution in [0.3, 0.4) is 0 Å². The third kappa shape index (κ3) is 7.10. The van der Waals surface area contributed by atoms with Crippen molar-refractivity contribution in [2.75, 3.05) is 34.4 Å². The molecule has 4 N–H and O–H groups in total. The van der Waals surface area contributed by atoms with Gasteiger partial charge < -0.3 is 35.0 Å². The molecule has 2 saturated heterocycles. The summed E-state index contributed by atoms with van der Waals surface area (Å²) >= 11 is 0. The normalized spacial score (nSPS) is 20.5. The van der Waals surface area contributed by atoms with E-state index in [0.29, 0.717) is 18.9 Å². The molecule has 8 rings (SSSR count). The average Bonchev–Trinajstić information content (AvgIpc) is 4.06. The van der Waals surface area contributed by atoms with Crippen LogP contribution in [0.1, 0.15) is 77.1 Å². The van der Waals surface area contributed by atoms with Crippen LogP contribution in [0.2, 0.25) is 0 Å². The lowest BCUT2D eigenvalue weighted by molar-refractivity contribution is -0.854. The number of hydrogen-bond donors (Lipinski definition) is 4. The zero-order valence-corrected chi connectivity index (χ0v) is 34.6. The fourth-order valence-electron chi connectivity index (χ4n) is 9.09. The zero-order valence-electron chi connectivity index (χ0n) is 34.6. The number of nitrogens with zero attached hydrogens (tertiary/aromatic N) is 5. The van der Waals surface area contributed by atoms with Crippen LogP contribution in [-0.2, 0) is 19.1 Å². The molecule has 5 heterocycles. The van der Waals surface area contributed by atoms with Crippen molar-refractivity contribution in [2.24, 2.45) is 11.8 Å². The van der Waals surface area contributed by atoms with Crippen LogP contribution in [0.15, 0.2) is 54.7 Å². The largest absolute Gasteiger partial charge is 0.453 e. The summed E-state index contributed by atoms with van der Waals surface area (Å²) < 4.78 is 9.76. The number of H-pyrrole nitrogens is 2. The van der Waals surface area contributed by atoms with E-state index in [9.17, 15) is 19.2 Å². The molecule has 0 bridgehead atoms. The number of fused-ring (bicyclic) bond motifs is 6. The van der Waals surface area contributed by atoms with E-state index in [4.69, 9.17) is 24.4 Å². The predicted molar refractivity (Wildman–Crippen MR) is 224 cm³/mol. The average molecular weight is 803 g/mol. The molecule has 59 heavy (non-hydrogen) atoms. The van der Waals surface area contributed by atoms with Gasteiger partial charge in [0.2, 0.25) is 5.91 Å². The van der Waals surface area contributed by atoms with E-state index in [1.807, 2.05) is 59.1 Å². The number of benzene rings is 3. The molecule has 5 atom stereocenters. The first-order chi connectivity index (χ1) is 28.3. The van der Waals surface area contributed by atoms with Crippen LogP contribution >= 0.6 is 0 Å². The van der Waals surface area contributed by atoms with Crippen LogP contribution in [0.4, 0.5) is 9.59 Å². The van der Waals surface area contributed by atoms with Gasteiger partial charge in [-0.05, 0) is 65.3 Å². The second-order valence-electron chi connectivity index (χ2n) is 16.8. The highest BCUT2D eigenvalue weighted by Crippen LogP contribution is 2.40. The van der Waals surface area contributed by atoms with E-state index in [1.165, 1.54) is 14.2 Å². The lowest BCUT2D eigenvalue weighted by Gasteiger charge is -2.36. The Morgan fingerprint density at radius 2 is 1.53 bits per heavy atom. The summed E-state index contributed by atoms with van der Waals surface area (Å²) in [6.07, 6.45) is 3.92. The number of likely N-dealkylation sites (tertiary alicyclic amines) is 2. The van der Waals surface area contributed by atoms with Crippen molar-refractivity contribution >= 4 is 67.6 Å². The Bertz CT molecular complexity index is 2620. The number of alkyl carbamates (subject to hydrolysis) is 2. The van der Waals surface area contributed by atoms with Crippen molar-refractivity contribution in [2.45, 2.75) is 77.5 Å². The Labute approximate surface area is 341 Å². The van der Waals surface area contributed by atoms with Gasteiger partial charge in [0.05, 0.1) is 50.4 Å². The first kappa shape index (κ1) is 39.7. The topological polar surface area (TPSA) is 184 Å². The quantitative estimate of drug-likeness (QED) is 0.111. The molecular weight excluding hydrogens is 751 g/mol. The molecule has 4 amide bonds. The van der Waals surface area contributed by atoms with Crippen molar-refractivity contribution in [1.29, 1.82) is 0 Å². The molecule has 0 spiro atoms. The van der Waals surface area contributed by atoms with Crippen molar-refractivity contribution in [1.82, 2.24) is 40.5 Å². The SMILES string of the molecule is COC(=O)NC(C(=O)N1CCCC1c1nc2ccc3cc(-c4ccc5c(ccc6[nH]c(C7CCC[N+]7(C)C(=O)C(NC(=O)OC)C(C)C)nc65)c4)[nH]cc3c2n1)C(C)C. The highest BCUT2D eigenvalue weighted by molar-refractivity contribution is 6.07. The molecule has 15 nitrogen and oxygen atoms in total. The number of aromatic amines is 2. The first-order valence-electron chi connectivity index (χ1n) is 20.4. The van der Waals surface area contributed by atoms with E-state index in [-0.39, 0.29) is 40.2 Å². The van der Waals surface area contributed by atoms with Crippen molar-refractivity contribution in [3.63, 3.8) is 0 Å². The number of carbonyl (C=O) groups is 4. The Hall–Kier alpha value is -6.09. The smallest absolute Gasteiger partial charge is 0.407 e. The fraction of sp³-hybridized carbons (Fsp3) is 0.432. The molecule has 3 aromatic carbocycles. The van der Waals surface area contributed by atoms with E-state index < -0.39 is 24.3 Å². The lowest BCUT2D eigenvalue weighted by atomic mass is 10.0. The van der Waals surface area contributed by atoms with Gasteiger partial charge in [-0.15, -0.1) is 0 Å². The van der Waals surface area contributed by atoms with Crippen LogP contribution in [0.5, 0.6) is 0 Å². The predicted octanol–water partition coefficient (Wildman–Crippen LogP) is 7.04. The van der Waals surface area contributed by atoms with Gasteiger partial charge in [-0.2, -0.15) is 0 Å². The molecular formula is C44H52N9O6+. The summed E-state index contributed by atoms with van der Waals surface area (Å²) in [4.78, 5) is 75.8. The number of rotatable bonds is 9. The number of imidazole rings is 2. The molecule has 0 aliphatic carbocycles. The Kier molecular flexibility index (Phi) is 10.5. The number of carbonyl (C=O) groups excluding carboxylic acids is 4. The fourth-order valence-corrected chi connectivity index (χ4v) is 9.09. The van der Waals surface area contributed by atoms with Crippen LogP contribution in [-0.4, -0.2) is 105 Å².